The molecule has 0 aromatic heterocycles. The third-order valence-electron chi connectivity index (χ3n) is 2.69. The second kappa shape index (κ2) is 7.45. The monoisotopic (exact) mass is 561 g/mol. The molecule has 1 saturated heterocycles. The summed E-state index contributed by atoms with van der Waals surface area (Å²) in [7, 11) is 1.57. The fourth-order valence-corrected chi connectivity index (χ4v) is 5.17. The topological polar surface area (TPSA) is 66.8 Å². The number of benzene rings is 1. The molecule has 0 bridgehead atoms. The molecule has 22 heavy (non-hydrogen) atoms. The molecule has 5 nitrogen and oxygen atoms in total. The normalized spacial score (nSPS) is 16.5. The number of halogens is 2. The highest BCUT2D eigenvalue weighted by Crippen LogP contribution is 2.36. The van der Waals surface area contributed by atoms with Crippen molar-refractivity contribution in [1.82, 2.24) is 4.90 Å². The zero-order valence-corrected chi connectivity index (χ0v) is 17.1. The number of nitrogens with zero attached hydrogens (tertiary/aromatic N) is 1. The van der Waals surface area contributed by atoms with Gasteiger partial charge in [0.2, 0.25) is 0 Å². The number of carboxylic acid groups (broad SMARTS) is 1. The quantitative estimate of drug-likeness (QED) is 0.347. The number of hydrogen-bond acceptors (Lipinski definition) is 5. The second-order valence-corrected chi connectivity index (χ2v) is 8.26. The molecule has 1 aliphatic rings. The molecule has 0 spiro atoms. The molecular formula is C13H9I2NO4S2. The molecule has 1 aromatic carbocycles. The van der Waals surface area contributed by atoms with Crippen molar-refractivity contribution in [2.45, 2.75) is 0 Å². The fourth-order valence-electron chi connectivity index (χ4n) is 1.82. The van der Waals surface area contributed by atoms with Crippen LogP contribution in [-0.2, 0) is 9.59 Å². The van der Waals surface area contributed by atoms with E-state index >= 15 is 0 Å². The van der Waals surface area contributed by atoms with E-state index in [2.05, 4.69) is 45.2 Å². The Hall–Kier alpha value is -0.400. The van der Waals surface area contributed by atoms with Crippen molar-refractivity contribution >= 4 is 91.4 Å². The molecule has 1 heterocycles. The number of thioether (sulfide) groups is 1. The Morgan fingerprint density at radius 3 is 2.77 bits per heavy atom. The summed E-state index contributed by atoms with van der Waals surface area (Å²) in [6.45, 7) is -0.428. The van der Waals surface area contributed by atoms with Crippen molar-refractivity contribution < 1.29 is 19.4 Å². The van der Waals surface area contributed by atoms with Gasteiger partial charge in [-0.1, -0.05) is 24.0 Å². The van der Waals surface area contributed by atoms with E-state index in [9.17, 15) is 9.59 Å². The van der Waals surface area contributed by atoms with Gasteiger partial charge >= 0.3 is 5.97 Å². The first kappa shape index (κ1) is 17.9. The van der Waals surface area contributed by atoms with Crippen LogP contribution in [0, 0.1) is 7.14 Å². The maximum Gasteiger partial charge on any atom is 0.323 e. The molecule has 0 saturated carbocycles. The zero-order valence-electron chi connectivity index (χ0n) is 11.1. The van der Waals surface area contributed by atoms with Crippen molar-refractivity contribution in [2.24, 2.45) is 0 Å². The van der Waals surface area contributed by atoms with Crippen molar-refractivity contribution in [3.05, 3.63) is 29.7 Å². The first-order chi connectivity index (χ1) is 10.3. The molecule has 116 valence electrons. The number of aliphatic carboxylic acids is 1. The summed E-state index contributed by atoms with van der Waals surface area (Å²) in [4.78, 5) is 24.5. The molecule has 2 rings (SSSR count). The van der Waals surface area contributed by atoms with Gasteiger partial charge in [-0.25, -0.2) is 0 Å². The van der Waals surface area contributed by atoms with E-state index in [0.29, 0.717) is 10.7 Å². The van der Waals surface area contributed by atoms with Gasteiger partial charge in [0.15, 0.2) is 0 Å². The van der Waals surface area contributed by atoms with Crippen LogP contribution in [0.4, 0.5) is 0 Å². The molecular weight excluding hydrogens is 552 g/mol. The highest BCUT2D eigenvalue weighted by atomic mass is 127. The van der Waals surface area contributed by atoms with Crippen LogP contribution < -0.4 is 4.74 Å². The largest absolute Gasteiger partial charge is 0.495 e. The highest BCUT2D eigenvalue weighted by molar-refractivity contribution is 14.1. The predicted octanol–water partition coefficient (Wildman–Crippen LogP) is 3.19. The number of carbonyl (C=O) groups excluding carboxylic acids is 1. The van der Waals surface area contributed by atoms with E-state index in [-0.39, 0.29) is 4.32 Å². The summed E-state index contributed by atoms with van der Waals surface area (Å²) >= 11 is 10.5. The van der Waals surface area contributed by atoms with Crippen molar-refractivity contribution in [1.29, 1.82) is 0 Å². The third kappa shape index (κ3) is 3.92. The van der Waals surface area contributed by atoms with E-state index in [0.717, 1.165) is 29.4 Å². The van der Waals surface area contributed by atoms with E-state index < -0.39 is 18.4 Å². The highest BCUT2D eigenvalue weighted by Gasteiger charge is 2.33. The van der Waals surface area contributed by atoms with Crippen LogP contribution >= 0.6 is 69.2 Å². The number of amides is 1. The van der Waals surface area contributed by atoms with Gasteiger partial charge in [-0.05, 0) is 63.4 Å². The first-order valence-electron chi connectivity index (χ1n) is 5.83. The van der Waals surface area contributed by atoms with Crippen LogP contribution in [-0.4, -0.2) is 39.9 Å². The average Bonchev–Trinajstić information content (AvgIpc) is 2.65. The molecule has 1 N–H and O–H groups in total. The van der Waals surface area contributed by atoms with Crippen molar-refractivity contribution in [3.8, 4) is 5.75 Å². The molecule has 9 heteroatoms. The minimum atomic E-state index is -1.10. The van der Waals surface area contributed by atoms with Crippen LogP contribution in [0.1, 0.15) is 5.56 Å². The predicted molar refractivity (Wildman–Crippen MR) is 106 cm³/mol. The van der Waals surface area contributed by atoms with E-state index in [4.69, 9.17) is 22.1 Å². The third-order valence-corrected chi connectivity index (χ3v) is 5.50. The molecule has 0 radical (unpaired) electrons. The Labute approximate surface area is 163 Å². The van der Waals surface area contributed by atoms with Gasteiger partial charge in [-0.2, -0.15) is 0 Å². The summed E-state index contributed by atoms with van der Waals surface area (Å²) in [5.41, 5.74) is 0.759. The van der Waals surface area contributed by atoms with Crippen LogP contribution in [0.5, 0.6) is 5.75 Å². The average molecular weight is 561 g/mol. The molecule has 1 aromatic rings. The van der Waals surface area contributed by atoms with E-state index in [1.165, 1.54) is 0 Å². The molecule has 1 aliphatic heterocycles. The lowest BCUT2D eigenvalue weighted by Crippen LogP contribution is -2.33. The molecule has 0 unspecified atom stereocenters. The SMILES string of the molecule is COc1c(I)cc(I)cc1/C=C1\SC(=S)N(CC(=O)O)C1=O. The lowest BCUT2D eigenvalue weighted by Gasteiger charge is -2.10. The van der Waals surface area contributed by atoms with Gasteiger partial charge in [-0.3, -0.25) is 14.5 Å². The Morgan fingerprint density at radius 2 is 2.18 bits per heavy atom. The van der Waals surface area contributed by atoms with E-state index in [1.807, 2.05) is 12.1 Å². The first-order valence-corrected chi connectivity index (χ1v) is 9.22. The second-order valence-electron chi connectivity index (χ2n) is 4.17. The Morgan fingerprint density at radius 1 is 1.50 bits per heavy atom. The zero-order chi connectivity index (χ0) is 16.4. The van der Waals surface area contributed by atoms with Gasteiger partial charge in [0.25, 0.3) is 5.91 Å². The minimum Gasteiger partial charge on any atom is -0.495 e. The lowest BCUT2D eigenvalue weighted by molar-refractivity contribution is -0.140. The number of ether oxygens (including phenoxy) is 1. The van der Waals surface area contributed by atoms with Gasteiger partial charge in [0, 0.05) is 9.13 Å². The summed E-state index contributed by atoms with van der Waals surface area (Å²) < 4.78 is 7.57. The fraction of sp³-hybridized carbons (Fsp3) is 0.154. The lowest BCUT2D eigenvalue weighted by atomic mass is 10.2. The van der Waals surface area contributed by atoms with Crippen LogP contribution in [0.15, 0.2) is 17.0 Å². The summed E-state index contributed by atoms with van der Waals surface area (Å²) in [6.07, 6.45) is 1.68. The van der Waals surface area contributed by atoms with Gasteiger partial charge in [0.05, 0.1) is 15.6 Å². The van der Waals surface area contributed by atoms with Gasteiger partial charge < -0.3 is 9.84 Å². The van der Waals surface area contributed by atoms with Gasteiger partial charge in [-0.15, -0.1) is 0 Å². The number of rotatable bonds is 4. The maximum absolute atomic E-state index is 12.3. The number of hydrogen-bond donors (Lipinski definition) is 1. The molecule has 0 aliphatic carbocycles. The van der Waals surface area contributed by atoms with Crippen LogP contribution in [0.2, 0.25) is 0 Å². The standard InChI is InChI=1S/C13H9I2NO4S2/c1-20-11-6(2-7(14)4-8(11)15)3-9-12(19)16(5-10(17)18)13(21)22-9/h2-4H,5H2,1H3,(H,17,18)/b9-3-. The van der Waals surface area contributed by atoms with Crippen LogP contribution in [0.25, 0.3) is 6.08 Å². The summed E-state index contributed by atoms with van der Waals surface area (Å²) in [6, 6.07) is 3.86. The molecule has 1 amide bonds. The van der Waals surface area contributed by atoms with Crippen LogP contribution in [0.3, 0.4) is 0 Å². The van der Waals surface area contributed by atoms with Crippen molar-refractivity contribution in [2.75, 3.05) is 13.7 Å². The smallest absolute Gasteiger partial charge is 0.323 e. The summed E-state index contributed by atoms with van der Waals surface area (Å²) in [5.74, 6) is -0.822. The number of carbonyl (C=O) groups is 2. The maximum atomic E-state index is 12.3. The Balaban J connectivity index is 2.41. The Bertz CT molecular complexity index is 706. The summed E-state index contributed by atoms with van der Waals surface area (Å²) in [5, 5.41) is 8.84. The Kier molecular flexibility index (Phi) is 6.07. The minimum absolute atomic E-state index is 0.248. The number of methoxy groups -OCH3 is 1. The van der Waals surface area contributed by atoms with Crippen molar-refractivity contribution in [3.63, 3.8) is 0 Å². The molecule has 0 atom stereocenters. The number of carboxylic acids is 1. The van der Waals surface area contributed by atoms with E-state index in [1.54, 1.807) is 13.2 Å². The van der Waals surface area contributed by atoms with Gasteiger partial charge in [0.1, 0.15) is 16.6 Å². The molecule has 1 fully saturated rings. The number of thiocarbonyl (C=S) groups is 1.